The van der Waals surface area contributed by atoms with Crippen molar-refractivity contribution in [2.24, 2.45) is 0 Å². The zero-order valence-corrected chi connectivity index (χ0v) is 17.9. The molecule has 0 radical (unpaired) electrons. The van der Waals surface area contributed by atoms with E-state index in [0.717, 1.165) is 19.2 Å². The molecule has 1 saturated heterocycles. The van der Waals surface area contributed by atoms with Gasteiger partial charge in [-0.3, -0.25) is 15.0 Å². The number of sulfonamides is 1. The summed E-state index contributed by atoms with van der Waals surface area (Å²) in [5.74, 6) is 0. The molecule has 158 valence electrons. The fourth-order valence-electron chi connectivity index (χ4n) is 3.03. The summed E-state index contributed by atoms with van der Waals surface area (Å²) in [7, 11) is -3.86. The zero-order chi connectivity index (χ0) is 21.2. The third-order valence-electron chi connectivity index (χ3n) is 4.50. The number of rotatable bonds is 7. The molecular formula is C18H30N4O5S. The topological polar surface area (TPSA) is 114 Å². The molecule has 0 aliphatic carbocycles. The van der Waals surface area contributed by atoms with Crippen molar-refractivity contribution >= 4 is 21.4 Å². The molecule has 1 fully saturated rings. The maximum absolute atomic E-state index is 12.5. The number of nitro benzene ring substituents is 1. The molecule has 2 N–H and O–H groups in total. The molecule has 1 heterocycles. The number of nitrogens with zero attached hydrogens (tertiary/aromatic N) is 2. The number of nitrogens with one attached hydrogen (secondary N) is 2. The van der Waals surface area contributed by atoms with E-state index in [1.165, 1.54) is 12.1 Å². The van der Waals surface area contributed by atoms with E-state index in [1.807, 2.05) is 0 Å². The van der Waals surface area contributed by atoms with Gasteiger partial charge in [-0.25, -0.2) is 13.1 Å². The molecule has 0 aromatic heterocycles. The Labute approximate surface area is 166 Å². The second-order valence-electron chi connectivity index (χ2n) is 8.56. The van der Waals surface area contributed by atoms with Gasteiger partial charge < -0.3 is 10.1 Å². The molecule has 1 aromatic carbocycles. The number of nitro groups is 1. The Kier molecular flexibility index (Phi) is 6.70. The summed E-state index contributed by atoms with van der Waals surface area (Å²) in [5.41, 5.74) is -0.904. The number of benzene rings is 1. The van der Waals surface area contributed by atoms with Crippen molar-refractivity contribution in [3.63, 3.8) is 0 Å². The monoisotopic (exact) mass is 414 g/mol. The van der Waals surface area contributed by atoms with E-state index in [-0.39, 0.29) is 16.1 Å². The maximum Gasteiger partial charge on any atom is 0.293 e. The molecule has 0 unspecified atom stereocenters. The summed E-state index contributed by atoms with van der Waals surface area (Å²) < 4.78 is 32.9. The van der Waals surface area contributed by atoms with Gasteiger partial charge in [0.2, 0.25) is 10.0 Å². The van der Waals surface area contributed by atoms with E-state index >= 15 is 0 Å². The lowest BCUT2D eigenvalue weighted by Gasteiger charge is -2.41. The fraction of sp³-hybridized carbons (Fsp3) is 0.667. The van der Waals surface area contributed by atoms with Crippen molar-refractivity contribution in [3.05, 3.63) is 28.3 Å². The van der Waals surface area contributed by atoms with Crippen LogP contribution in [0.3, 0.4) is 0 Å². The Morgan fingerprint density at radius 1 is 1.18 bits per heavy atom. The average Bonchev–Trinajstić information content (AvgIpc) is 2.58. The first-order chi connectivity index (χ1) is 12.8. The van der Waals surface area contributed by atoms with Crippen LogP contribution in [0.25, 0.3) is 0 Å². The van der Waals surface area contributed by atoms with Crippen molar-refractivity contribution in [2.75, 3.05) is 38.2 Å². The summed E-state index contributed by atoms with van der Waals surface area (Å²) in [6.45, 7) is 12.6. The minimum absolute atomic E-state index is 0.132. The van der Waals surface area contributed by atoms with Crippen molar-refractivity contribution in [3.8, 4) is 0 Å². The average molecular weight is 415 g/mol. The van der Waals surface area contributed by atoms with E-state index in [4.69, 9.17) is 4.74 Å². The Bertz CT molecular complexity index is 812. The molecule has 1 aliphatic rings. The number of ether oxygens (including phenoxy) is 1. The highest BCUT2D eigenvalue weighted by Crippen LogP contribution is 2.29. The van der Waals surface area contributed by atoms with E-state index in [0.29, 0.717) is 25.4 Å². The second-order valence-corrected chi connectivity index (χ2v) is 10.2. The first-order valence-corrected chi connectivity index (χ1v) is 10.7. The lowest BCUT2D eigenvalue weighted by atomic mass is 10.0. The summed E-state index contributed by atoms with van der Waals surface area (Å²) in [4.78, 5) is 13.1. The van der Waals surface area contributed by atoms with Gasteiger partial charge in [0.15, 0.2) is 0 Å². The standard InChI is InChI=1S/C18H30N4O5S/c1-17(2,3)20-28(25,26)14-6-7-15(16(12-14)22(23)24)19-13-18(4,5)21-8-10-27-11-9-21/h6-7,12,19-20H,8-11,13H2,1-5H3. The zero-order valence-electron chi connectivity index (χ0n) is 17.1. The first-order valence-electron chi connectivity index (χ1n) is 9.21. The van der Waals surface area contributed by atoms with Crippen LogP contribution < -0.4 is 10.0 Å². The third kappa shape index (κ3) is 5.87. The van der Waals surface area contributed by atoms with E-state index in [1.54, 1.807) is 20.8 Å². The number of anilines is 1. The Morgan fingerprint density at radius 2 is 1.79 bits per heavy atom. The molecule has 1 aromatic rings. The molecule has 0 saturated carbocycles. The highest BCUT2D eigenvalue weighted by Gasteiger charge is 2.30. The molecule has 1 aliphatic heterocycles. The van der Waals surface area contributed by atoms with Gasteiger partial charge >= 0.3 is 0 Å². The molecule has 0 spiro atoms. The van der Waals surface area contributed by atoms with Crippen LogP contribution in [0, 0.1) is 10.1 Å². The Balaban J connectivity index is 2.22. The quantitative estimate of drug-likeness (QED) is 0.519. The van der Waals surface area contributed by atoms with Crippen molar-refractivity contribution in [2.45, 2.75) is 50.6 Å². The lowest BCUT2D eigenvalue weighted by molar-refractivity contribution is -0.384. The van der Waals surface area contributed by atoms with Gasteiger partial charge in [-0.05, 0) is 46.8 Å². The van der Waals surface area contributed by atoms with Crippen LogP contribution in [-0.2, 0) is 14.8 Å². The maximum atomic E-state index is 12.5. The van der Waals surface area contributed by atoms with Crippen LogP contribution in [0.1, 0.15) is 34.6 Å². The van der Waals surface area contributed by atoms with Crippen LogP contribution >= 0.6 is 0 Å². The minimum Gasteiger partial charge on any atom is -0.379 e. The highest BCUT2D eigenvalue weighted by molar-refractivity contribution is 7.89. The summed E-state index contributed by atoms with van der Waals surface area (Å²) in [6.07, 6.45) is 0. The van der Waals surface area contributed by atoms with E-state index in [2.05, 4.69) is 28.8 Å². The van der Waals surface area contributed by atoms with Crippen molar-refractivity contribution in [1.29, 1.82) is 0 Å². The van der Waals surface area contributed by atoms with Gasteiger partial charge in [0.1, 0.15) is 5.69 Å². The molecule has 2 rings (SSSR count). The predicted octanol–water partition coefficient (Wildman–Crippen LogP) is 2.19. The fourth-order valence-corrected chi connectivity index (χ4v) is 4.47. The molecule has 0 bridgehead atoms. The van der Waals surface area contributed by atoms with Crippen molar-refractivity contribution in [1.82, 2.24) is 9.62 Å². The van der Waals surface area contributed by atoms with Gasteiger partial charge in [0.05, 0.1) is 23.0 Å². The smallest absolute Gasteiger partial charge is 0.293 e. The molecule has 9 nitrogen and oxygen atoms in total. The lowest BCUT2D eigenvalue weighted by Crippen LogP contribution is -2.53. The van der Waals surface area contributed by atoms with Crippen LogP contribution in [0.5, 0.6) is 0 Å². The van der Waals surface area contributed by atoms with E-state index < -0.39 is 20.5 Å². The molecular weight excluding hydrogens is 384 g/mol. The van der Waals surface area contributed by atoms with Gasteiger partial charge in [-0.1, -0.05) is 0 Å². The minimum atomic E-state index is -3.86. The first kappa shape index (κ1) is 22.5. The third-order valence-corrected chi connectivity index (χ3v) is 6.25. The van der Waals surface area contributed by atoms with Gasteiger partial charge in [0, 0.05) is 36.8 Å². The summed E-state index contributed by atoms with van der Waals surface area (Å²) in [5, 5.41) is 14.7. The van der Waals surface area contributed by atoms with Crippen LogP contribution in [-0.4, -0.2) is 62.2 Å². The van der Waals surface area contributed by atoms with Gasteiger partial charge in [-0.15, -0.1) is 0 Å². The highest BCUT2D eigenvalue weighted by atomic mass is 32.2. The van der Waals surface area contributed by atoms with Crippen LogP contribution in [0.15, 0.2) is 23.1 Å². The number of hydrogen-bond donors (Lipinski definition) is 2. The summed E-state index contributed by atoms with van der Waals surface area (Å²) >= 11 is 0. The van der Waals surface area contributed by atoms with Crippen molar-refractivity contribution < 1.29 is 18.1 Å². The SMILES string of the molecule is CC(C)(C)NS(=O)(=O)c1ccc(NCC(C)(C)N2CCOCC2)c([N+](=O)[O-])c1. The van der Waals surface area contributed by atoms with E-state index in [9.17, 15) is 18.5 Å². The van der Waals surface area contributed by atoms with Gasteiger partial charge in [0.25, 0.3) is 5.69 Å². The van der Waals surface area contributed by atoms with Gasteiger partial charge in [-0.2, -0.15) is 0 Å². The van der Waals surface area contributed by atoms with Crippen LogP contribution in [0.2, 0.25) is 0 Å². The molecule has 10 heteroatoms. The molecule has 0 amide bonds. The number of morpholine rings is 1. The molecule has 28 heavy (non-hydrogen) atoms. The van der Waals surface area contributed by atoms with Crippen LogP contribution in [0.4, 0.5) is 11.4 Å². The Hall–Kier alpha value is -1.75. The summed E-state index contributed by atoms with van der Waals surface area (Å²) in [6, 6.07) is 3.92. The Morgan fingerprint density at radius 3 is 2.32 bits per heavy atom. The normalized spacial score (nSPS) is 16.8. The molecule has 0 atom stereocenters. The number of hydrogen-bond acceptors (Lipinski definition) is 7. The predicted molar refractivity (Wildman–Crippen MR) is 108 cm³/mol. The largest absolute Gasteiger partial charge is 0.379 e. The second kappa shape index (κ2) is 8.32.